The highest BCUT2D eigenvalue weighted by molar-refractivity contribution is 5.95. The van der Waals surface area contributed by atoms with Crippen molar-refractivity contribution in [2.75, 3.05) is 19.7 Å². The van der Waals surface area contributed by atoms with Crippen LogP contribution in [0.4, 0.5) is 0 Å². The van der Waals surface area contributed by atoms with Crippen molar-refractivity contribution in [2.24, 2.45) is 17.2 Å². The van der Waals surface area contributed by atoms with Crippen molar-refractivity contribution in [3.8, 4) is 0 Å². The van der Waals surface area contributed by atoms with Crippen molar-refractivity contribution in [3.63, 3.8) is 0 Å². The minimum absolute atomic E-state index is 0.183. The molecule has 0 aromatic carbocycles. The number of rotatable bonds is 22. The van der Waals surface area contributed by atoms with Gasteiger partial charge in [0.25, 0.3) is 0 Å². The van der Waals surface area contributed by atoms with Gasteiger partial charge in [0.15, 0.2) is 0 Å². The Bertz CT molecular complexity index is 1010. The topological polar surface area (TPSA) is 335 Å². The van der Waals surface area contributed by atoms with Gasteiger partial charge in [-0.15, -0.1) is 0 Å². The van der Waals surface area contributed by atoms with Crippen molar-refractivity contribution < 1.29 is 53.7 Å². The molecule has 0 aliphatic rings. The van der Waals surface area contributed by atoms with Crippen LogP contribution in [0.15, 0.2) is 0 Å². The summed E-state index contributed by atoms with van der Waals surface area (Å²) in [5, 5.41) is 38.0. The van der Waals surface area contributed by atoms with E-state index in [9.17, 15) is 38.4 Å². The third-order valence-corrected chi connectivity index (χ3v) is 5.89. The fourth-order valence-electron chi connectivity index (χ4n) is 3.41. The molecule has 5 unspecified atom stereocenters. The van der Waals surface area contributed by atoms with Crippen LogP contribution in [0, 0.1) is 0 Å². The highest BCUT2D eigenvalue weighted by Crippen LogP contribution is 2.03. The van der Waals surface area contributed by atoms with Crippen molar-refractivity contribution >= 4 is 47.4 Å². The molecule has 0 rings (SSSR count). The number of aliphatic hydroxyl groups is 1. The van der Waals surface area contributed by atoms with E-state index >= 15 is 0 Å². The van der Waals surface area contributed by atoms with Gasteiger partial charge in [0.2, 0.25) is 35.4 Å². The zero-order valence-corrected chi connectivity index (χ0v) is 23.8. The zero-order chi connectivity index (χ0) is 33.1. The second-order valence-electron chi connectivity index (χ2n) is 9.54. The van der Waals surface area contributed by atoms with E-state index in [0.717, 1.165) is 0 Å². The summed E-state index contributed by atoms with van der Waals surface area (Å²) in [6, 6.07) is -6.68. The summed E-state index contributed by atoms with van der Waals surface area (Å²) >= 11 is 0. The number of carbonyl (C=O) groups is 8. The van der Waals surface area contributed by atoms with E-state index in [1.807, 2.05) is 5.32 Å². The molecule has 0 radical (unpaired) electrons. The maximum atomic E-state index is 12.8. The molecule has 0 bridgehead atoms. The first kappa shape index (κ1) is 38.6. The van der Waals surface area contributed by atoms with Crippen LogP contribution in [0.25, 0.3) is 0 Å². The molecular formula is C24H42N8O11. The minimum Gasteiger partial charge on any atom is -0.481 e. The summed E-state index contributed by atoms with van der Waals surface area (Å²) in [7, 11) is 0. The van der Waals surface area contributed by atoms with Crippen molar-refractivity contribution in [2.45, 2.75) is 82.1 Å². The molecule has 0 aromatic heterocycles. The van der Waals surface area contributed by atoms with Crippen LogP contribution in [-0.2, 0) is 38.4 Å². The molecule has 0 heterocycles. The van der Waals surface area contributed by atoms with Gasteiger partial charge in [-0.1, -0.05) is 6.42 Å². The SMILES string of the molecule is CC(NC(=O)C(CCC(N)=O)NC(=O)C(N)CCCCN)C(=O)NCC(=O)NC(CCC(=O)O)C(=O)NC(CO)C(=O)O. The molecule has 0 aliphatic carbocycles. The van der Waals surface area contributed by atoms with Crippen LogP contribution in [0.2, 0.25) is 0 Å². The largest absolute Gasteiger partial charge is 0.481 e. The Morgan fingerprint density at radius 3 is 1.81 bits per heavy atom. The van der Waals surface area contributed by atoms with Gasteiger partial charge < -0.3 is 59.1 Å². The van der Waals surface area contributed by atoms with Gasteiger partial charge >= 0.3 is 11.9 Å². The van der Waals surface area contributed by atoms with Gasteiger partial charge in [-0.05, 0) is 39.2 Å². The summed E-state index contributed by atoms with van der Waals surface area (Å²) in [4.78, 5) is 95.7. The van der Waals surface area contributed by atoms with Gasteiger partial charge in [0.05, 0.1) is 19.2 Å². The Balaban J connectivity index is 5.18. The number of carboxylic acid groups (broad SMARTS) is 2. The number of nitrogens with two attached hydrogens (primary N) is 3. The van der Waals surface area contributed by atoms with E-state index in [-0.39, 0.29) is 12.8 Å². The van der Waals surface area contributed by atoms with E-state index in [1.54, 1.807) is 0 Å². The van der Waals surface area contributed by atoms with Gasteiger partial charge in [-0.3, -0.25) is 33.6 Å². The second-order valence-corrected chi connectivity index (χ2v) is 9.54. The van der Waals surface area contributed by atoms with Crippen LogP contribution >= 0.6 is 0 Å². The molecule has 244 valence electrons. The molecule has 19 nitrogen and oxygen atoms in total. The average molecular weight is 619 g/mol. The van der Waals surface area contributed by atoms with Gasteiger partial charge in [-0.25, -0.2) is 4.79 Å². The zero-order valence-electron chi connectivity index (χ0n) is 23.8. The van der Waals surface area contributed by atoms with Crippen LogP contribution < -0.4 is 43.8 Å². The molecule has 5 atom stereocenters. The molecule has 0 fully saturated rings. The first-order chi connectivity index (χ1) is 20.1. The summed E-state index contributed by atoms with van der Waals surface area (Å²) in [6.07, 6.45) is 0.0693. The highest BCUT2D eigenvalue weighted by Gasteiger charge is 2.28. The highest BCUT2D eigenvalue weighted by atomic mass is 16.4. The third kappa shape index (κ3) is 16.6. The number of nitrogens with one attached hydrogen (secondary N) is 5. The van der Waals surface area contributed by atoms with Gasteiger partial charge in [0, 0.05) is 12.8 Å². The van der Waals surface area contributed by atoms with E-state index in [0.29, 0.717) is 25.8 Å². The fraction of sp³-hybridized carbons (Fsp3) is 0.667. The van der Waals surface area contributed by atoms with E-state index < -0.39 is 104 Å². The molecule has 0 aliphatic heterocycles. The first-order valence-corrected chi connectivity index (χ1v) is 13.4. The Labute approximate surface area is 247 Å². The molecule has 0 saturated heterocycles. The summed E-state index contributed by atoms with van der Waals surface area (Å²) in [5.41, 5.74) is 16.4. The molecule has 0 aromatic rings. The predicted molar refractivity (Wildman–Crippen MR) is 147 cm³/mol. The van der Waals surface area contributed by atoms with Gasteiger partial charge in [0.1, 0.15) is 24.2 Å². The van der Waals surface area contributed by atoms with Crippen molar-refractivity contribution in [1.82, 2.24) is 26.6 Å². The van der Waals surface area contributed by atoms with Crippen LogP contribution in [0.3, 0.4) is 0 Å². The quantitative estimate of drug-likeness (QED) is 0.0506. The van der Waals surface area contributed by atoms with Crippen molar-refractivity contribution in [1.29, 1.82) is 0 Å². The number of aliphatic hydroxyl groups excluding tert-OH is 1. The van der Waals surface area contributed by atoms with Crippen LogP contribution in [0.5, 0.6) is 0 Å². The van der Waals surface area contributed by atoms with E-state index in [1.165, 1.54) is 6.92 Å². The van der Waals surface area contributed by atoms with Crippen molar-refractivity contribution in [3.05, 3.63) is 0 Å². The molecule has 14 N–H and O–H groups in total. The lowest BCUT2D eigenvalue weighted by atomic mass is 10.1. The summed E-state index contributed by atoms with van der Waals surface area (Å²) in [5.74, 6) is -8.00. The minimum atomic E-state index is -1.70. The second kappa shape index (κ2) is 20.5. The van der Waals surface area contributed by atoms with E-state index in [2.05, 4.69) is 21.3 Å². The third-order valence-electron chi connectivity index (χ3n) is 5.89. The summed E-state index contributed by atoms with van der Waals surface area (Å²) < 4.78 is 0. The molecule has 6 amide bonds. The molecule has 0 spiro atoms. The van der Waals surface area contributed by atoms with Gasteiger partial charge in [-0.2, -0.15) is 0 Å². The maximum Gasteiger partial charge on any atom is 0.328 e. The summed E-state index contributed by atoms with van der Waals surface area (Å²) in [6.45, 7) is -0.00841. The standard InChI is InChI=1S/C24H42N8O11/c1-12(29-22(40)15(5-7-17(27)34)31-21(39)13(26)4-2-3-9-25)20(38)28-10-18(35)30-14(6-8-19(36)37)23(41)32-16(11-33)24(42)43/h12-16,33H,2-11,25-26H2,1H3,(H2,27,34)(H,28,38)(H,29,40)(H,30,35)(H,31,39)(H,32,41)(H,36,37)(H,42,43). The van der Waals surface area contributed by atoms with E-state index in [4.69, 9.17) is 32.5 Å². The van der Waals surface area contributed by atoms with Crippen LogP contribution in [0.1, 0.15) is 51.9 Å². The number of carboxylic acids is 2. The average Bonchev–Trinajstić information content (AvgIpc) is 2.93. The molecular weight excluding hydrogens is 576 g/mol. The van der Waals surface area contributed by atoms with Crippen LogP contribution in [-0.4, -0.2) is 113 Å². The number of carbonyl (C=O) groups excluding carboxylic acids is 6. The lowest BCUT2D eigenvalue weighted by Gasteiger charge is -2.23. The Kier molecular flexibility index (Phi) is 18.4. The maximum absolute atomic E-state index is 12.8. The number of hydrogen-bond donors (Lipinski definition) is 11. The molecule has 19 heteroatoms. The number of amides is 6. The Morgan fingerprint density at radius 1 is 0.721 bits per heavy atom. The fourth-order valence-corrected chi connectivity index (χ4v) is 3.41. The Hall–Kier alpha value is -4.36. The lowest BCUT2D eigenvalue weighted by molar-refractivity contribution is -0.144. The molecule has 0 saturated carbocycles. The first-order valence-electron chi connectivity index (χ1n) is 13.4. The normalized spacial score (nSPS) is 14.1. The Morgan fingerprint density at radius 2 is 1.28 bits per heavy atom. The number of unbranched alkanes of at least 4 members (excludes halogenated alkanes) is 1. The monoisotopic (exact) mass is 618 g/mol. The number of hydrogen-bond acceptors (Lipinski definition) is 11. The number of aliphatic carboxylic acids is 2. The number of primary amides is 1. The molecule has 43 heavy (non-hydrogen) atoms. The lowest BCUT2D eigenvalue weighted by Crippen LogP contribution is -2.56. The smallest absolute Gasteiger partial charge is 0.328 e. The predicted octanol–water partition coefficient (Wildman–Crippen LogP) is -5.27.